The molecule has 174 valence electrons. The third kappa shape index (κ3) is 4.22. The molecule has 4 aromatic carbocycles. The molecule has 0 aromatic heterocycles. The predicted molar refractivity (Wildman–Crippen MR) is 132 cm³/mol. The smallest absolute Gasteiger partial charge is 0.313 e. The molecular weight excluding hydrogens is 442 g/mol. The minimum Gasteiger partial charge on any atom is -0.497 e. The third-order valence-corrected chi connectivity index (χ3v) is 6.16. The van der Waals surface area contributed by atoms with Gasteiger partial charge in [-0.1, -0.05) is 48.5 Å². The fourth-order valence-electron chi connectivity index (χ4n) is 4.53. The molecule has 0 spiro atoms. The quantitative estimate of drug-likeness (QED) is 0.375. The number of rotatable bonds is 6. The van der Waals surface area contributed by atoms with Crippen LogP contribution >= 0.6 is 0 Å². The maximum atomic E-state index is 13.7. The summed E-state index contributed by atoms with van der Waals surface area (Å²) in [7, 11) is 1.57. The van der Waals surface area contributed by atoms with E-state index >= 15 is 0 Å². The molecule has 0 saturated carbocycles. The summed E-state index contributed by atoms with van der Waals surface area (Å²) < 4.78 is 11.2. The zero-order valence-electron chi connectivity index (χ0n) is 19.0. The zero-order chi connectivity index (χ0) is 24.4. The van der Waals surface area contributed by atoms with Gasteiger partial charge < -0.3 is 14.6 Å². The van der Waals surface area contributed by atoms with E-state index in [1.807, 2.05) is 30.3 Å². The van der Waals surface area contributed by atoms with Gasteiger partial charge in [-0.3, -0.25) is 14.5 Å². The Labute approximate surface area is 203 Å². The number of carbonyl (C=O) groups is 2. The monoisotopic (exact) mass is 465 g/mol. The number of carboxylic acids is 1. The summed E-state index contributed by atoms with van der Waals surface area (Å²) in [6.07, 6.45) is 0. The second-order valence-electron chi connectivity index (χ2n) is 8.21. The molecule has 6 heteroatoms. The summed E-state index contributed by atoms with van der Waals surface area (Å²) in [5.74, 6) is -0.240. The summed E-state index contributed by atoms with van der Waals surface area (Å²) in [6.45, 7) is 0. The summed E-state index contributed by atoms with van der Waals surface area (Å²) in [6, 6.07) is 29.8. The van der Waals surface area contributed by atoms with Crippen molar-refractivity contribution in [3.8, 4) is 17.2 Å². The number of aliphatic carboxylic acids is 1. The van der Waals surface area contributed by atoms with Crippen molar-refractivity contribution in [2.75, 3.05) is 12.0 Å². The average molecular weight is 466 g/mol. The Hall–Kier alpha value is -4.58. The van der Waals surface area contributed by atoms with Gasteiger partial charge in [0, 0.05) is 11.3 Å². The average Bonchev–Trinajstić information content (AvgIpc) is 2.90. The van der Waals surface area contributed by atoms with E-state index in [1.54, 1.807) is 84.8 Å². The van der Waals surface area contributed by atoms with Gasteiger partial charge in [0.05, 0.1) is 13.2 Å². The second-order valence-corrected chi connectivity index (χ2v) is 8.21. The number of anilines is 1. The molecule has 5 rings (SSSR count). The fraction of sp³-hybridized carbons (Fsp3) is 0.103. The van der Waals surface area contributed by atoms with E-state index in [0.29, 0.717) is 39.6 Å². The SMILES string of the molecule is COc1ccc(C2C(C(=O)O)c3ccccc3C(=O)N2c2ccc(Oc3ccccc3)cc2)cc1. The van der Waals surface area contributed by atoms with Crippen LogP contribution in [0.25, 0.3) is 0 Å². The van der Waals surface area contributed by atoms with Crippen LogP contribution in [0.5, 0.6) is 17.2 Å². The van der Waals surface area contributed by atoms with Crippen LogP contribution in [-0.4, -0.2) is 24.1 Å². The van der Waals surface area contributed by atoms with E-state index in [2.05, 4.69) is 0 Å². The Morgan fingerprint density at radius 3 is 2.03 bits per heavy atom. The maximum absolute atomic E-state index is 13.7. The Balaban J connectivity index is 1.60. The Morgan fingerprint density at radius 2 is 1.37 bits per heavy atom. The highest BCUT2D eigenvalue weighted by Crippen LogP contribution is 2.45. The van der Waals surface area contributed by atoms with Crippen LogP contribution < -0.4 is 14.4 Å². The van der Waals surface area contributed by atoms with Crippen molar-refractivity contribution in [2.45, 2.75) is 12.0 Å². The van der Waals surface area contributed by atoms with Crippen molar-refractivity contribution in [1.82, 2.24) is 0 Å². The lowest BCUT2D eigenvalue weighted by molar-refractivity contribution is -0.139. The first-order valence-corrected chi connectivity index (χ1v) is 11.2. The molecular formula is C29H23NO5. The summed E-state index contributed by atoms with van der Waals surface area (Å²) in [5, 5.41) is 10.3. The normalized spacial score (nSPS) is 16.9. The number of carboxylic acid groups (broad SMARTS) is 1. The predicted octanol–water partition coefficient (Wildman–Crippen LogP) is 6.06. The van der Waals surface area contributed by atoms with Crippen molar-refractivity contribution in [3.63, 3.8) is 0 Å². The first kappa shape index (κ1) is 22.2. The highest BCUT2D eigenvalue weighted by Gasteiger charge is 2.45. The van der Waals surface area contributed by atoms with Crippen molar-refractivity contribution >= 4 is 17.6 Å². The number of amides is 1. The lowest BCUT2D eigenvalue weighted by Crippen LogP contribution is -2.45. The van der Waals surface area contributed by atoms with E-state index in [1.165, 1.54) is 0 Å². The molecule has 0 bridgehead atoms. The van der Waals surface area contributed by atoms with Crippen LogP contribution in [0.4, 0.5) is 5.69 Å². The van der Waals surface area contributed by atoms with Gasteiger partial charge in [0.2, 0.25) is 0 Å². The minimum atomic E-state index is -1.00. The van der Waals surface area contributed by atoms with Gasteiger partial charge >= 0.3 is 5.97 Å². The molecule has 1 aliphatic heterocycles. The van der Waals surface area contributed by atoms with Crippen molar-refractivity contribution in [3.05, 3.63) is 120 Å². The van der Waals surface area contributed by atoms with E-state index in [4.69, 9.17) is 9.47 Å². The highest BCUT2D eigenvalue weighted by molar-refractivity contribution is 6.11. The van der Waals surface area contributed by atoms with Gasteiger partial charge in [-0.25, -0.2) is 0 Å². The van der Waals surface area contributed by atoms with Crippen LogP contribution in [0, 0.1) is 0 Å². The van der Waals surface area contributed by atoms with Crippen LogP contribution in [0.1, 0.15) is 33.4 Å². The topological polar surface area (TPSA) is 76.1 Å². The molecule has 0 fully saturated rings. The van der Waals surface area contributed by atoms with E-state index in [0.717, 1.165) is 0 Å². The van der Waals surface area contributed by atoms with Crippen LogP contribution in [0.2, 0.25) is 0 Å². The van der Waals surface area contributed by atoms with Gasteiger partial charge in [-0.2, -0.15) is 0 Å². The Morgan fingerprint density at radius 1 is 0.771 bits per heavy atom. The number of hydrogen-bond donors (Lipinski definition) is 1. The standard InChI is InChI=1S/C29H23NO5/c1-34-21-15-11-19(12-16-21)27-26(29(32)33)24-9-5-6-10-25(24)28(31)30(27)20-13-17-23(18-14-20)35-22-7-3-2-4-8-22/h2-18,26-27H,1H3,(H,32,33). The van der Waals surface area contributed by atoms with Crippen molar-refractivity contribution < 1.29 is 24.2 Å². The fourth-order valence-corrected chi connectivity index (χ4v) is 4.53. The van der Waals surface area contributed by atoms with Gasteiger partial charge in [0.15, 0.2) is 0 Å². The first-order valence-electron chi connectivity index (χ1n) is 11.2. The van der Waals surface area contributed by atoms with Gasteiger partial charge in [0.25, 0.3) is 5.91 Å². The van der Waals surface area contributed by atoms with Gasteiger partial charge in [-0.05, 0) is 65.7 Å². The van der Waals surface area contributed by atoms with E-state index in [-0.39, 0.29) is 5.91 Å². The number of carbonyl (C=O) groups excluding carboxylic acids is 1. The molecule has 1 heterocycles. The Bertz CT molecular complexity index is 1350. The molecule has 1 aliphatic rings. The molecule has 0 radical (unpaired) electrons. The first-order chi connectivity index (χ1) is 17.1. The molecule has 0 aliphatic carbocycles. The van der Waals surface area contributed by atoms with Crippen LogP contribution in [0.3, 0.4) is 0 Å². The number of benzene rings is 4. The second kappa shape index (κ2) is 9.35. The Kier molecular flexibility index (Phi) is 5.94. The summed E-state index contributed by atoms with van der Waals surface area (Å²) in [5.41, 5.74) is 2.17. The third-order valence-electron chi connectivity index (χ3n) is 6.16. The molecule has 4 aromatic rings. The highest BCUT2D eigenvalue weighted by atomic mass is 16.5. The largest absolute Gasteiger partial charge is 0.497 e. The minimum absolute atomic E-state index is 0.254. The summed E-state index contributed by atoms with van der Waals surface area (Å²) >= 11 is 0. The molecule has 2 atom stereocenters. The number of hydrogen-bond acceptors (Lipinski definition) is 4. The molecule has 0 saturated heterocycles. The number of nitrogens with zero attached hydrogens (tertiary/aromatic N) is 1. The van der Waals surface area contributed by atoms with Gasteiger partial charge in [-0.15, -0.1) is 0 Å². The van der Waals surface area contributed by atoms with Crippen LogP contribution in [0.15, 0.2) is 103 Å². The molecule has 2 unspecified atom stereocenters. The van der Waals surface area contributed by atoms with E-state index in [9.17, 15) is 14.7 Å². The lowest BCUT2D eigenvalue weighted by atomic mass is 9.79. The molecule has 6 nitrogen and oxygen atoms in total. The molecule has 1 N–H and O–H groups in total. The van der Waals surface area contributed by atoms with Crippen molar-refractivity contribution in [2.24, 2.45) is 0 Å². The number of ether oxygens (including phenoxy) is 2. The molecule has 1 amide bonds. The maximum Gasteiger partial charge on any atom is 0.313 e. The zero-order valence-corrected chi connectivity index (χ0v) is 19.0. The summed E-state index contributed by atoms with van der Waals surface area (Å²) in [4.78, 5) is 27.9. The number of fused-ring (bicyclic) bond motifs is 1. The number of para-hydroxylation sites is 1. The molecule has 35 heavy (non-hydrogen) atoms. The van der Waals surface area contributed by atoms with Crippen LogP contribution in [-0.2, 0) is 4.79 Å². The van der Waals surface area contributed by atoms with E-state index < -0.39 is 17.9 Å². The number of methoxy groups -OCH3 is 1. The van der Waals surface area contributed by atoms with Crippen molar-refractivity contribution in [1.29, 1.82) is 0 Å². The van der Waals surface area contributed by atoms with Gasteiger partial charge in [0.1, 0.15) is 23.2 Å². The lowest BCUT2D eigenvalue weighted by Gasteiger charge is -2.40.